The van der Waals surface area contributed by atoms with Crippen molar-refractivity contribution in [3.63, 3.8) is 0 Å². The first-order chi connectivity index (χ1) is 16.3. The first-order valence-electron chi connectivity index (χ1n) is 11.7. The normalized spacial score (nSPS) is 45.1. The van der Waals surface area contributed by atoms with E-state index in [9.17, 15) is 28.2 Å². The van der Waals surface area contributed by atoms with Gasteiger partial charge in [0.1, 0.15) is 11.2 Å². The van der Waals surface area contributed by atoms with Crippen molar-refractivity contribution in [2.24, 2.45) is 0 Å². The predicted molar refractivity (Wildman–Crippen MR) is 119 cm³/mol. The van der Waals surface area contributed by atoms with Gasteiger partial charge in [0.05, 0.1) is 18.3 Å². The van der Waals surface area contributed by atoms with Crippen LogP contribution in [0, 0.1) is 0 Å². The van der Waals surface area contributed by atoms with Crippen LogP contribution in [0.15, 0.2) is 0 Å². The zero-order chi connectivity index (χ0) is 27.1. The topological polar surface area (TPSA) is 113 Å². The Morgan fingerprint density at radius 3 is 1.29 bits per heavy atom. The van der Waals surface area contributed by atoms with Crippen LogP contribution in [0.25, 0.3) is 0 Å². The lowest BCUT2D eigenvalue weighted by molar-refractivity contribution is -0.182. The molecule has 0 saturated carbocycles. The van der Waals surface area contributed by atoms with Gasteiger partial charge in [-0.05, 0) is 33.1 Å². The van der Waals surface area contributed by atoms with Crippen LogP contribution in [0.4, 0.5) is 13.2 Å². The van der Waals surface area contributed by atoms with E-state index in [1.807, 2.05) is 13.8 Å². The molecule has 3 fully saturated rings. The molecule has 3 aliphatic heterocycles. The molecule has 0 amide bonds. The number of ether oxygens (including phenoxy) is 6. The van der Waals surface area contributed by atoms with E-state index in [1.54, 1.807) is 6.92 Å². The largest absolute Gasteiger partial charge is 0.382 e. The second-order valence-electron chi connectivity index (χ2n) is 9.01. The fraction of sp³-hybridized carbons (Fsp3) is 0.957. The third kappa shape index (κ3) is 7.13. The Morgan fingerprint density at radius 2 is 1.11 bits per heavy atom. The smallest absolute Gasteiger partial charge is 0.225 e. The number of aliphatic hydroxyl groups is 2. The molecule has 11 atom stereocenters. The Kier molecular flexibility index (Phi) is 12.5. The maximum absolute atomic E-state index is 13.3. The standard InChI is InChI=1S/2C8H15FO3.C7H11FO3/c2*1-4-5-6(9)8(2,10)7(11-3)12-5;1-3-4-5(8)6(9)7(10-2)11-4/h2*5-7,10H,4H2,1-3H3;4-5,7H,3H2,1-2H3/t5-,6-,7-,8+;5-,6-,7-,8-;4-,5-,7-/m111/s1. The maximum Gasteiger partial charge on any atom is 0.225 e. The summed E-state index contributed by atoms with van der Waals surface area (Å²) in [6, 6.07) is 0. The van der Waals surface area contributed by atoms with Crippen molar-refractivity contribution in [3.8, 4) is 0 Å². The molecule has 0 radical (unpaired) electrons. The van der Waals surface area contributed by atoms with Gasteiger partial charge in [0.15, 0.2) is 31.1 Å². The van der Waals surface area contributed by atoms with Gasteiger partial charge in [0.2, 0.25) is 12.1 Å². The Hall–Kier alpha value is -0.860. The van der Waals surface area contributed by atoms with Gasteiger partial charge in [-0.3, -0.25) is 4.79 Å². The molecule has 0 aliphatic carbocycles. The minimum Gasteiger partial charge on any atom is -0.382 e. The molecule has 0 aromatic carbocycles. The van der Waals surface area contributed by atoms with E-state index in [1.165, 1.54) is 35.2 Å². The van der Waals surface area contributed by atoms with Gasteiger partial charge < -0.3 is 38.6 Å². The number of methoxy groups -OCH3 is 3. The van der Waals surface area contributed by atoms with Gasteiger partial charge in [0, 0.05) is 21.3 Å². The minimum atomic E-state index is -1.52. The van der Waals surface area contributed by atoms with Crippen molar-refractivity contribution in [1.82, 2.24) is 0 Å². The van der Waals surface area contributed by atoms with Gasteiger partial charge in [0.25, 0.3) is 0 Å². The number of carbonyl (C=O) groups excluding carboxylic acids is 1. The number of ketones is 1. The zero-order valence-electron chi connectivity index (χ0n) is 21.7. The molecule has 35 heavy (non-hydrogen) atoms. The van der Waals surface area contributed by atoms with Gasteiger partial charge in [-0.15, -0.1) is 0 Å². The number of alkyl halides is 3. The highest BCUT2D eigenvalue weighted by Gasteiger charge is 2.54. The van der Waals surface area contributed by atoms with Crippen molar-refractivity contribution < 1.29 is 56.6 Å². The number of carbonyl (C=O) groups is 1. The molecule has 0 aromatic rings. The lowest BCUT2D eigenvalue weighted by Gasteiger charge is -2.23. The lowest BCUT2D eigenvalue weighted by atomic mass is 9.98. The monoisotopic (exact) mass is 518 g/mol. The summed E-state index contributed by atoms with van der Waals surface area (Å²) in [6.45, 7) is 8.17. The second kappa shape index (κ2) is 13.6. The lowest BCUT2D eigenvalue weighted by Crippen LogP contribution is -2.43. The number of Topliss-reactive ketones (excluding diaryl/α,β-unsaturated/α-hetero) is 1. The molecule has 3 rings (SSSR count). The van der Waals surface area contributed by atoms with E-state index >= 15 is 0 Å². The van der Waals surface area contributed by atoms with Crippen LogP contribution in [0.5, 0.6) is 0 Å². The summed E-state index contributed by atoms with van der Waals surface area (Å²) in [6.07, 6.45) is -7.08. The summed E-state index contributed by atoms with van der Waals surface area (Å²) in [7, 11) is 4.11. The summed E-state index contributed by atoms with van der Waals surface area (Å²) in [5.74, 6) is -0.598. The first kappa shape index (κ1) is 32.2. The van der Waals surface area contributed by atoms with Crippen LogP contribution in [-0.2, 0) is 33.2 Å². The van der Waals surface area contributed by atoms with Crippen molar-refractivity contribution in [2.75, 3.05) is 21.3 Å². The summed E-state index contributed by atoms with van der Waals surface area (Å²) in [5, 5.41) is 19.2. The van der Waals surface area contributed by atoms with E-state index in [4.69, 9.17) is 23.7 Å². The molecule has 0 unspecified atom stereocenters. The quantitative estimate of drug-likeness (QED) is 0.547. The summed E-state index contributed by atoms with van der Waals surface area (Å²) >= 11 is 0. The van der Waals surface area contributed by atoms with Gasteiger partial charge in [-0.25, -0.2) is 13.2 Å². The maximum atomic E-state index is 13.3. The second-order valence-corrected chi connectivity index (χ2v) is 9.01. The van der Waals surface area contributed by atoms with Gasteiger partial charge in [-0.1, -0.05) is 20.8 Å². The predicted octanol–water partition coefficient (Wildman–Crippen LogP) is 2.39. The number of hydrogen-bond acceptors (Lipinski definition) is 9. The third-order valence-electron chi connectivity index (χ3n) is 6.30. The van der Waals surface area contributed by atoms with E-state index in [-0.39, 0.29) is 0 Å². The average Bonchev–Trinajstić information content (AvgIpc) is 3.34. The fourth-order valence-electron chi connectivity index (χ4n) is 4.02. The molecule has 3 aliphatic rings. The van der Waals surface area contributed by atoms with Gasteiger partial charge in [-0.2, -0.15) is 0 Å². The summed E-state index contributed by atoms with van der Waals surface area (Å²) in [4.78, 5) is 10.9. The van der Waals surface area contributed by atoms with Crippen molar-refractivity contribution in [1.29, 1.82) is 0 Å². The minimum absolute atomic E-state index is 0.493. The van der Waals surface area contributed by atoms with Crippen LogP contribution in [0.2, 0.25) is 0 Å². The van der Waals surface area contributed by atoms with E-state index < -0.39 is 72.7 Å². The Balaban J connectivity index is 0.000000263. The highest BCUT2D eigenvalue weighted by molar-refractivity contribution is 5.88. The summed E-state index contributed by atoms with van der Waals surface area (Å²) < 4.78 is 69.0. The zero-order valence-corrected chi connectivity index (χ0v) is 21.7. The Labute approximate surface area is 205 Å². The molecule has 0 bridgehead atoms. The van der Waals surface area contributed by atoms with Crippen LogP contribution in [-0.4, -0.2) is 104 Å². The first-order valence-corrected chi connectivity index (χ1v) is 11.7. The molecule has 0 aromatic heterocycles. The SMILES string of the molecule is CC[C@H]1O[C@@H](OC)C(=O)[C@@H]1F.CC[C@H]1O[C@@H](OC)[C@@](C)(O)[C@@H]1F.CC[C@H]1O[C@@H](OC)[C@](C)(O)[C@@H]1F. The Bertz CT molecular complexity index is 604. The molecule has 2 N–H and O–H groups in total. The molecule has 9 nitrogen and oxygen atoms in total. The molecule has 12 heteroatoms. The van der Waals surface area contributed by atoms with Crippen LogP contribution < -0.4 is 0 Å². The number of hydrogen-bond donors (Lipinski definition) is 2. The number of halogens is 3. The molecule has 0 spiro atoms. The van der Waals surface area contributed by atoms with Crippen LogP contribution in [0.3, 0.4) is 0 Å². The average molecular weight is 519 g/mol. The molecule has 3 saturated heterocycles. The molecule has 208 valence electrons. The summed E-state index contributed by atoms with van der Waals surface area (Å²) in [5.41, 5.74) is -3.04. The van der Waals surface area contributed by atoms with Crippen molar-refractivity contribution in [3.05, 3.63) is 0 Å². The number of rotatable bonds is 6. The fourth-order valence-corrected chi connectivity index (χ4v) is 4.02. The van der Waals surface area contributed by atoms with Crippen LogP contribution in [0.1, 0.15) is 53.9 Å². The van der Waals surface area contributed by atoms with E-state index in [2.05, 4.69) is 4.74 Å². The molecule has 3 heterocycles. The van der Waals surface area contributed by atoms with E-state index in [0.717, 1.165) is 0 Å². The molecular weight excluding hydrogens is 477 g/mol. The highest BCUT2D eigenvalue weighted by Crippen LogP contribution is 2.35. The van der Waals surface area contributed by atoms with Crippen molar-refractivity contribution in [2.45, 2.75) is 121 Å². The van der Waals surface area contributed by atoms with Gasteiger partial charge >= 0.3 is 0 Å². The Morgan fingerprint density at radius 1 is 0.743 bits per heavy atom. The van der Waals surface area contributed by atoms with Crippen molar-refractivity contribution >= 4 is 5.78 Å². The van der Waals surface area contributed by atoms with E-state index in [0.29, 0.717) is 19.3 Å². The highest BCUT2D eigenvalue weighted by atomic mass is 19.1. The third-order valence-corrected chi connectivity index (χ3v) is 6.30. The van der Waals surface area contributed by atoms with Crippen LogP contribution >= 0.6 is 0 Å². The molecular formula is C23H41F3O9.